The van der Waals surface area contributed by atoms with E-state index in [1.807, 2.05) is 6.07 Å². The van der Waals surface area contributed by atoms with Crippen LogP contribution in [0.3, 0.4) is 0 Å². The number of rotatable bonds is 4. The molecule has 0 bridgehead atoms. The molecule has 2 aromatic rings. The molecule has 1 atom stereocenters. The van der Waals surface area contributed by atoms with E-state index in [9.17, 15) is 14.4 Å². The van der Waals surface area contributed by atoms with E-state index in [1.54, 1.807) is 48.5 Å². The van der Waals surface area contributed by atoms with E-state index in [1.165, 1.54) is 0 Å². The Hall–Kier alpha value is -2.95. The first-order valence-corrected chi connectivity index (χ1v) is 6.89. The van der Waals surface area contributed by atoms with Crippen molar-refractivity contribution in [3.8, 4) is 0 Å². The van der Waals surface area contributed by atoms with Crippen molar-refractivity contribution in [2.45, 2.75) is 12.5 Å². The Morgan fingerprint density at radius 3 is 1.91 bits per heavy atom. The Morgan fingerprint density at radius 2 is 1.41 bits per heavy atom. The van der Waals surface area contributed by atoms with Crippen LogP contribution in [0, 0.1) is 0 Å². The fourth-order valence-electron chi connectivity index (χ4n) is 2.71. The number of fused-ring (bicyclic) bond motifs is 1. The normalized spacial score (nSPS) is 14.8. The summed E-state index contributed by atoms with van der Waals surface area (Å²) in [7, 11) is 0. The maximum atomic E-state index is 12.6. The van der Waals surface area contributed by atoms with Crippen molar-refractivity contribution < 1.29 is 14.4 Å². The molecule has 22 heavy (non-hydrogen) atoms. The van der Waals surface area contributed by atoms with Gasteiger partial charge in [-0.25, -0.2) is 0 Å². The van der Waals surface area contributed by atoms with Gasteiger partial charge in [-0.2, -0.15) is 0 Å². The van der Waals surface area contributed by atoms with E-state index in [0.29, 0.717) is 16.7 Å². The molecule has 1 heterocycles. The number of hydrogen-bond donors (Lipinski definition) is 1. The lowest BCUT2D eigenvalue weighted by atomic mass is 10.0. The standard InChI is InChI=1S/C17H14N2O3/c18-15(20)10-14(11-6-2-1-3-7-11)19-16(21)12-8-4-5-9-13(12)17(19)22/h1-9,14H,10H2,(H2,18,20)/t14-/m0/s1. The predicted molar refractivity (Wildman–Crippen MR) is 79.9 cm³/mol. The monoisotopic (exact) mass is 294 g/mol. The van der Waals surface area contributed by atoms with Crippen molar-refractivity contribution in [2.24, 2.45) is 5.73 Å². The van der Waals surface area contributed by atoms with E-state index < -0.39 is 23.8 Å². The minimum absolute atomic E-state index is 0.102. The number of benzene rings is 2. The first-order valence-electron chi connectivity index (χ1n) is 6.89. The van der Waals surface area contributed by atoms with Crippen molar-refractivity contribution in [1.29, 1.82) is 0 Å². The van der Waals surface area contributed by atoms with E-state index >= 15 is 0 Å². The molecular weight excluding hydrogens is 280 g/mol. The largest absolute Gasteiger partial charge is 0.370 e. The topological polar surface area (TPSA) is 80.5 Å². The second kappa shape index (κ2) is 5.44. The van der Waals surface area contributed by atoms with Crippen molar-refractivity contribution in [1.82, 2.24) is 4.90 Å². The molecule has 0 aromatic heterocycles. The van der Waals surface area contributed by atoms with Crippen LogP contribution in [0.25, 0.3) is 0 Å². The summed E-state index contributed by atoms with van der Waals surface area (Å²) in [6.07, 6.45) is -0.102. The average Bonchev–Trinajstić information content (AvgIpc) is 2.78. The molecule has 0 fully saturated rings. The van der Waals surface area contributed by atoms with E-state index in [4.69, 9.17) is 5.73 Å². The quantitative estimate of drug-likeness (QED) is 0.874. The van der Waals surface area contributed by atoms with Crippen LogP contribution in [-0.4, -0.2) is 22.6 Å². The number of primary amides is 1. The Labute approximate surface area is 127 Å². The number of nitrogens with zero attached hydrogens (tertiary/aromatic N) is 1. The van der Waals surface area contributed by atoms with Gasteiger partial charge < -0.3 is 5.73 Å². The molecule has 5 heteroatoms. The fraction of sp³-hybridized carbons (Fsp3) is 0.118. The van der Waals surface area contributed by atoms with Crippen molar-refractivity contribution >= 4 is 17.7 Å². The summed E-state index contributed by atoms with van der Waals surface area (Å²) in [4.78, 5) is 37.6. The number of imide groups is 1. The third-order valence-electron chi connectivity index (χ3n) is 3.72. The summed E-state index contributed by atoms with van der Waals surface area (Å²) >= 11 is 0. The van der Waals surface area contributed by atoms with Gasteiger partial charge >= 0.3 is 0 Å². The highest BCUT2D eigenvalue weighted by molar-refractivity contribution is 6.21. The zero-order chi connectivity index (χ0) is 15.7. The molecule has 0 saturated carbocycles. The zero-order valence-corrected chi connectivity index (χ0v) is 11.7. The Balaban J connectivity index is 2.05. The van der Waals surface area contributed by atoms with Crippen LogP contribution >= 0.6 is 0 Å². The second-order valence-corrected chi connectivity index (χ2v) is 5.12. The molecule has 3 amide bonds. The van der Waals surface area contributed by atoms with Gasteiger partial charge in [-0.3, -0.25) is 19.3 Å². The van der Waals surface area contributed by atoms with Crippen LogP contribution < -0.4 is 5.73 Å². The zero-order valence-electron chi connectivity index (χ0n) is 11.7. The third kappa shape index (κ3) is 2.26. The lowest BCUT2D eigenvalue weighted by molar-refractivity contribution is -0.118. The molecule has 3 rings (SSSR count). The minimum atomic E-state index is -0.689. The van der Waals surface area contributed by atoms with Gasteiger partial charge in [-0.05, 0) is 17.7 Å². The molecule has 0 saturated heterocycles. The van der Waals surface area contributed by atoms with Gasteiger partial charge in [-0.1, -0.05) is 42.5 Å². The van der Waals surface area contributed by atoms with Gasteiger partial charge in [0.1, 0.15) is 0 Å². The first kappa shape index (κ1) is 14.0. The summed E-state index contributed by atoms with van der Waals surface area (Å²) in [6.45, 7) is 0. The fourth-order valence-corrected chi connectivity index (χ4v) is 2.71. The summed E-state index contributed by atoms with van der Waals surface area (Å²) in [6, 6.07) is 14.9. The lowest BCUT2D eigenvalue weighted by Crippen LogP contribution is -2.36. The smallest absolute Gasteiger partial charge is 0.262 e. The first-order chi connectivity index (χ1) is 10.6. The molecular formula is C17H14N2O3. The molecule has 0 aliphatic carbocycles. The Kier molecular flexibility index (Phi) is 3.47. The van der Waals surface area contributed by atoms with Crippen LogP contribution in [0.2, 0.25) is 0 Å². The summed E-state index contributed by atoms with van der Waals surface area (Å²) in [5.41, 5.74) is 6.73. The molecule has 110 valence electrons. The molecule has 1 aliphatic rings. The van der Waals surface area contributed by atoms with Gasteiger partial charge in [0.15, 0.2) is 0 Å². The molecule has 5 nitrogen and oxygen atoms in total. The summed E-state index contributed by atoms with van der Waals surface area (Å²) in [5, 5.41) is 0. The minimum Gasteiger partial charge on any atom is -0.370 e. The van der Waals surface area contributed by atoms with E-state index in [2.05, 4.69) is 0 Å². The third-order valence-corrected chi connectivity index (χ3v) is 3.72. The van der Waals surface area contributed by atoms with Crippen LogP contribution in [-0.2, 0) is 4.79 Å². The molecule has 0 unspecified atom stereocenters. The van der Waals surface area contributed by atoms with Gasteiger partial charge in [0, 0.05) is 0 Å². The highest BCUT2D eigenvalue weighted by Gasteiger charge is 2.40. The summed E-state index contributed by atoms with van der Waals surface area (Å²) < 4.78 is 0. The highest BCUT2D eigenvalue weighted by Crippen LogP contribution is 2.33. The molecule has 0 spiro atoms. The van der Waals surface area contributed by atoms with E-state index in [0.717, 1.165) is 4.90 Å². The Morgan fingerprint density at radius 1 is 0.909 bits per heavy atom. The molecule has 1 aliphatic heterocycles. The van der Waals surface area contributed by atoms with Crippen molar-refractivity contribution in [3.63, 3.8) is 0 Å². The molecule has 2 aromatic carbocycles. The van der Waals surface area contributed by atoms with Crippen LogP contribution in [0.15, 0.2) is 54.6 Å². The summed E-state index contributed by atoms with van der Waals surface area (Å²) in [5.74, 6) is -1.35. The number of carbonyl (C=O) groups is 3. The predicted octanol–water partition coefficient (Wildman–Crippen LogP) is 1.90. The van der Waals surface area contributed by atoms with Gasteiger partial charge in [0.25, 0.3) is 11.8 Å². The Bertz CT molecular complexity index is 721. The van der Waals surface area contributed by atoms with Crippen LogP contribution in [0.5, 0.6) is 0 Å². The highest BCUT2D eigenvalue weighted by atomic mass is 16.2. The van der Waals surface area contributed by atoms with Gasteiger partial charge in [0.05, 0.1) is 23.6 Å². The molecule has 0 radical (unpaired) electrons. The number of amides is 3. The molecule has 2 N–H and O–H groups in total. The number of hydrogen-bond acceptors (Lipinski definition) is 3. The average molecular weight is 294 g/mol. The van der Waals surface area contributed by atoms with Crippen molar-refractivity contribution in [3.05, 3.63) is 71.3 Å². The van der Waals surface area contributed by atoms with Crippen LogP contribution in [0.4, 0.5) is 0 Å². The number of nitrogens with two attached hydrogens (primary N) is 1. The SMILES string of the molecule is NC(=O)C[C@@H](c1ccccc1)N1C(=O)c2ccccc2C1=O. The van der Waals surface area contributed by atoms with Gasteiger partial charge in [-0.15, -0.1) is 0 Å². The van der Waals surface area contributed by atoms with Gasteiger partial charge in [0.2, 0.25) is 5.91 Å². The van der Waals surface area contributed by atoms with Crippen LogP contribution in [0.1, 0.15) is 38.7 Å². The second-order valence-electron chi connectivity index (χ2n) is 5.12. The number of carbonyl (C=O) groups excluding carboxylic acids is 3. The maximum absolute atomic E-state index is 12.6. The lowest BCUT2D eigenvalue weighted by Gasteiger charge is -2.25. The maximum Gasteiger partial charge on any atom is 0.262 e. The van der Waals surface area contributed by atoms with Crippen molar-refractivity contribution in [2.75, 3.05) is 0 Å². The van der Waals surface area contributed by atoms with E-state index in [-0.39, 0.29) is 6.42 Å².